The van der Waals surface area contributed by atoms with Gasteiger partial charge in [0, 0.05) is 14.2 Å². The third kappa shape index (κ3) is 3.00. The van der Waals surface area contributed by atoms with Crippen molar-refractivity contribution in [2.75, 3.05) is 7.11 Å². The van der Waals surface area contributed by atoms with E-state index in [1.54, 1.807) is 11.8 Å². The van der Waals surface area contributed by atoms with Crippen LogP contribution in [0.25, 0.3) is 0 Å². The van der Waals surface area contributed by atoms with Gasteiger partial charge in [-0.1, -0.05) is 5.21 Å². The van der Waals surface area contributed by atoms with Gasteiger partial charge in [-0.05, 0) is 36.2 Å². The molecule has 1 aromatic heterocycles. The van der Waals surface area contributed by atoms with Gasteiger partial charge in [-0.25, -0.2) is 4.68 Å². The van der Waals surface area contributed by atoms with Crippen molar-refractivity contribution in [3.05, 3.63) is 10.3 Å². The zero-order valence-corrected chi connectivity index (χ0v) is 11.6. The molecule has 1 atom stereocenters. The molecule has 0 amide bonds. The van der Waals surface area contributed by atoms with Crippen molar-refractivity contribution in [2.24, 2.45) is 12.9 Å². The highest BCUT2D eigenvalue weighted by Gasteiger charge is 2.27. The van der Waals surface area contributed by atoms with Gasteiger partial charge in [-0.15, -0.1) is 5.10 Å². The van der Waals surface area contributed by atoms with Crippen LogP contribution in [0.5, 0.6) is 0 Å². The summed E-state index contributed by atoms with van der Waals surface area (Å²) in [6, 6.07) is -0.0654. The molecule has 0 radical (unpaired) electrons. The van der Waals surface area contributed by atoms with Gasteiger partial charge in [-0.2, -0.15) is 0 Å². The molecule has 0 aliphatic heterocycles. The summed E-state index contributed by atoms with van der Waals surface area (Å²) < 4.78 is 7.78. The van der Waals surface area contributed by atoms with Crippen molar-refractivity contribution < 1.29 is 4.74 Å². The van der Waals surface area contributed by atoms with E-state index in [2.05, 4.69) is 31.7 Å². The summed E-state index contributed by atoms with van der Waals surface area (Å²) in [4.78, 5) is 0. The molecule has 1 rings (SSSR count). The van der Waals surface area contributed by atoms with E-state index in [0.29, 0.717) is 4.60 Å². The number of aryl methyl sites for hydroxylation is 1. The number of aromatic nitrogens is 3. The molecule has 1 aromatic rings. The van der Waals surface area contributed by atoms with Crippen molar-refractivity contribution in [1.29, 1.82) is 0 Å². The molecule has 1 unspecified atom stereocenters. The molecule has 1 heterocycles. The van der Waals surface area contributed by atoms with Crippen LogP contribution in [0.2, 0.25) is 0 Å². The third-order valence-electron chi connectivity index (χ3n) is 2.61. The molecular formula is C9H18BrN5O. The molecule has 92 valence electrons. The fourth-order valence-corrected chi connectivity index (χ4v) is 2.12. The van der Waals surface area contributed by atoms with Gasteiger partial charge in [0.25, 0.3) is 0 Å². The summed E-state index contributed by atoms with van der Waals surface area (Å²) in [6.45, 7) is 4.02. The normalized spacial score (nSPS) is 14.1. The van der Waals surface area contributed by atoms with Crippen LogP contribution in [0.1, 0.15) is 32.0 Å². The van der Waals surface area contributed by atoms with E-state index in [9.17, 15) is 0 Å². The molecule has 0 aromatic carbocycles. The molecule has 7 heteroatoms. The van der Waals surface area contributed by atoms with Crippen LogP contribution in [0, 0.1) is 0 Å². The molecule has 0 saturated carbocycles. The van der Waals surface area contributed by atoms with Crippen molar-refractivity contribution >= 4 is 15.9 Å². The maximum Gasteiger partial charge on any atom is 0.153 e. The first-order chi connectivity index (χ1) is 7.41. The highest BCUT2D eigenvalue weighted by Crippen LogP contribution is 2.28. The second kappa shape index (κ2) is 5.22. The molecular weight excluding hydrogens is 274 g/mol. The highest BCUT2D eigenvalue weighted by molar-refractivity contribution is 9.10. The van der Waals surface area contributed by atoms with Crippen LogP contribution in [0.4, 0.5) is 0 Å². The highest BCUT2D eigenvalue weighted by atomic mass is 79.9. The lowest BCUT2D eigenvalue weighted by Gasteiger charge is -2.28. The molecule has 6 nitrogen and oxygen atoms in total. The molecule has 0 bridgehead atoms. The number of hydrogen-bond acceptors (Lipinski definition) is 5. The summed E-state index contributed by atoms with van der Waals surface area (Å²) in [6.07, 6.45) is 0.722. The SMILES string of the molecule is COC(C)(C)CC(NN)c1c(Br)nnn1C. The van der Waals surface area contributed by atoms with Crippen LogP contribution in [-0.4, -0.2) is 27.7 Å². The van der Waals surface area contributed by atoms with E-state index >= 15 is 0 Å². The zero-order chi connectivity index (χ0) is 12.3. The summed E-state index contributed by atoms with van der Waals surface area (Å²) in [5, 5.41) is 7.86. The Balaban J connectivity index is 2.91. The quantitative estimate of drug-likeness (QED) is 0.622. The zero-order valence-electron chi connectivity index (χ0n) is 9.99. The van der Waals surface area contributed by atoms with Gasteiger partial charge in [0.1, 0.15) is 0 Å². The van der Waals surface area contributed by atoms with Gasteiger partial charge >= 0.3 is 0 Å². The molecule has 0 spiro atoms. The number of methoxy groups -OCH3 is 1. The average Bonchev–Trinajstić information content (AvgIpc) is 2.56. The van der Waals surface area contributed by atoms with E-state index in [1.165, 1.54) is 0 Å². The minimum Gasteiger partial charge on any atom is -0.379 e. The van der Waals surface area contributed by atoms with Crippen molar-refractivity contribution in [3.8, 4) is 0 Å². The Hall–Kier alpha value is -0.500. The first-order valence-corrected chi connectivity index (χ1v) is 5.77. The largest absolute Gasteiger partial charge is 0.379 e. The number of rotatable bonds is 5. The number of ether oxygens (including phenoxy) is 1. The molecule has 0 saturated heterocycles. The third-order valence-corrected chi connectivity index (χ3v) is 3.17. The van der Waals surface area contributed by atoms with Gasteiger partial charge in [0.15, 0.2) is 4.60 Å². The van der Waals surface area contributed by atoms with Gasteiger partial charge in [-0.3, -0.25) is 11.3 Å². The molecule has 3 N–H and O–H groups in total. The lowest BCUT2D eigenvalue weighted by atomic mass is 9.97. The van der Waals surface area contributed by atoms with Crippen molar-refractivity contribution in [2.45, 2.75) is 31.9 Å². The summed E-state index contributed by atoms with van der Waals surface area (Å²) in [5.74, 6) is 5.57. The van der Waals surface area contributed by atoms with Gasteiger partial charge in [0.05, 0.1) is 17.3 Å². The Morgan fingerprint density at radius 3 is 2.62 bits per heavy atom. The molecule has 0 fully saturated rings. The smallest absolute Gasteiger partial charge is 0.153 e. The Morgan fingerprint density at radius 1 is 1.62 bits per heavy atom. The van der Waals surface area contributed by atoms with E-state index in [4.69, 9.17) is 10.6 Å². The van der Waals surface area contributed by atoms with E-state index in [0.717, 1.165) is 12.1 Å². The molecule has 0 aliphatic rings. The number of nitrogens with one attached hydrogen (secondary N) is 1. The first kappa shape index (κ1) is 13.6. The molecule has 0 aliphatic carbocycles. The van der Waals surface area contributed by atoms with E-state index < -0.39 is 0 Å². The Labute approximate surface area is 104 Å². The van der Waals surface area contributed by atoms with Gasteiger partial charge in [0.2, 0.25) is 0 Å². The predicted molar refractivity (Wildman–Crippen MR) is 64.5 cm³/mol. The van der Waals surface area contributed by atoms with Gasteiger partial charge < -0.3 is 4.74 Å². The van der Waals surface area contributed by atoms with Crippen molar-refractivity contribution in [3.63, 3.8) is 0 Å². The monoisotopic (exact) mass is 291 g/mol. The minimum absolute atomic E-state index is 0.0654. The summed E-state index contributed by atoms with van der Waals surface area (Å²) in [7, 11) is 3.52. The lowest BCUT2D eigenvalue weighted by Crippen LogP contribution is -2.36. The number of nitrogens with zero attached hydrogens (tertiary/aromatic N) is 3. The maximum absolute atomic E-state index is 5.57. The predicted octanol–water partition coefficient (Wildman–Crippen LogP) is 0.897. The standard InChI is InChI=1S/C9H18BrN5O/c1-9(2,16-4)5-6(12-11)7-8(10)13-14-15(7)3/h6,12H,5,11H2,1-4H3. The van der Waals surface area contributed by atoms with Crippen LogP contribution in [0.3, 0.4) is 0 Å². The fourth-order valence-electron chi connectivity index (χ4n) is 1.52. The average molecular weight is 292 g/mol. The van der Waals surface area contributed by atoms with Crippen LogP contribution in [-0.2, 0) is 11.8 Å². The molecule has 16 heavy (non-hydrogen) atoms. The van der Waals surface area contributed by atoms with E-state index in [-0.39, 0.29) is 11.6 Å². The Bertz CT molecular complexity index is 332. The van der Waals surface area contributed by atoms with Crippen LogP contribution < -0.4 is 11.3 Å². The summed E-state index contributed by atoms with van der Waals surface area (Å²) in [5.41, 5.74) is 3.41. The topological polar surface area (TPSA) is 78.0 Å². The number of nitrogens with two attached hydrogens (primary N) is 1. The number of hydrazine groups is 1. The van der Waals surface area contributed by atoms with Crippen LogP contribution >= 0.6 is 15.9 Å². The van der Waals surface area contributed by atoms with Crippen LogP contribution in [0.15, 0.2) is 4.60 Å². The first-order valence-electron chi connectivity index (χ1n) is 4.97. The van der Waals surface area contributed by atoms with Crippen molar-refractivity contribution in [1.82, 2.24) is 20.4 Å². The Kier molecular flexibility index (Phi) is 4.43. The lowest BCUT2D eigenvalue weighted by molar-refractivity contribution is 0.00611. The minimum atomic E-state index is -0.263. The number of hydrogen-bond donors (Lipinski definition) is 2. The number of halogens is 1. The van der Waals surface area contributed by atoms with E-state index in [1.807, 2.05) is 20.9 Å². The second-order valence-corrected chi connectivity index (χ2v) is 5.03. The Morgan fingerprint density at radius 2 is 2.25 bits per heavy atom. The second-order valence-electron chi connectivity index (χ2n) is 4.28. The summed E-state index contributed by atoms with van der Waals surface area (Å²) >= 11 is 3.36. The fraction of sp³-hybridized carbons (Fsp3) is 0.778. The maximum atomic E-state index is 5.57.